The molecule has 0 unspecified atom stereocenters. The van der Waals surface area contributed by atoms with Crippen LogP contribution in [0, 0.1) is 10.1 Å². The van der Waals surface area contributed by atoms with E-state index in [0.717, 1.165) is 35.6 Å². The Kier molecular flexibility index (Phi) is 8.10. The molecule has 0 radical (unpaired) electrons. The Morgan fingerprint density at radius 2 is 2.03 bits per heavy atom. The van der Waals surface area contributed by atoms with Gasteiger partial charge in [-0.1, -0.05) is 50.1 Å². The summed E-state index contributed by atoms with van der Waals surface area (Å²) in [6.07, 6.45) is 4.56. The fraction of sp³-hybridized carbons (Fsp3) is 0.391. The Morgan fingerprint density at radius 3 is 2.75 bits per heavy atom. The van der Waals surface area contributed by atoms with E-state index in [9.17, 15) is 14.9 Å². The zero-order valence-corrected chi connectivity index (χ0v) is 19.4. The van der Waals surface area contributed by atoms with Gasteiger partial charge in [-0.05, 0) is 31.5 Å². The van der Waals surface area contributed by atoms with Crippen LogP contribution in [0.25, 0.3) is 11.0 Å². The molecule has 0 saturated carbocycles. The highest BCUT2D eigenvalue weighted by molar-refractivity contribution is 8.00. The van der Waals surface area contributed by atoms with Crippen LogP contribution in [0.4, 0.5) is 11.4 Å². The predicted molar refractivity (Wildman–Crippen MR) is 127 cm³/mol. The van der Waals surface area contributed by atoms with E-state index in [2.05, 4.69) is 16.8 Å². The van der Waals surface area contributed by atoms with E-state index in [-0.39, 0.29) is 17.3 Å². The number of imidazole rings is 1. The summed E-state index contributed by atoms with van der Waals surface area (Å²) in [6, 6.07) is 12.1. The highest BCUT2D eigenvalue weighted by Crippen LogP contribution is 2.32. The molecule has 0 saturated heterocycles. The number of aromatic nitrogens is 2. The van der Waals surface area contributed by atoms with E-state index in [1.165, 1.54) is 49.9 Å². The number of thioether (sulfide) groups is 1. The molecule has 2 aromatic carbocycles. The molecule has 32 heavy (non-hydrogen) atoms. The fourth-order valence-electron chi connectivity index (χ4n) is 3.41. The topological polar surface area (TPSA) is 99.3 Å². The van der Waals surface area contributed by atoms with Gasteiger partial charge in [0.1, 0.15) is 5.75 Å². The van der Waals surface area contributed by atoms with Crippen LogP contribution < -0.4 is 10.1 Å². The zero-order valence-electron chi connectivity index (χ0n) is 18.5. The molecule has 1 atom stereocenters. The number of methoxy groups -OCH3 is 1. The lowest BCUT2D eigenvalue weighted by molar-refractivity contribution is -0.384. The first-order chi connectivity index (χ1) is 15.4. The van der Waals surface area contributed by atoms with Crippen LogP contribution in [0.1, 0.15) is 39.5 Å². The molecule has 1 heterocycles. The summed E-state index contributed by atoms with van der Waals surface area (Å²) < 4.78 is 7.42. The van der Waals surface area contributed by atoms with Gasteiger partial charge in [0.05, 0.1) is 34.0 Å². The number of non-ortho nitro benzene ring substituents is 1. The van der Waals surface area contributed by atoms with Crippen LogP contribution in [0.5, 0.6) is 5.75 Å². The van der Waals surface area contributed by atoms with Crippen molar-refractivity contribution in [1.82, 2.24) is 9.55 Å². The number of rotatable bonds is 11. The minimum absolute atomic E-state index is 0.115. The Bertz CT molecular complexity index is 1100. The summed E-state index contributed by atoms with van der Waals surface area (Å²) >= 11 is 1.38. The second-order valence-corrected chi connectivity index (χ2v) is 8.79. The molecular weight excluding hydrogens is 428 g/mol. The van der Waals surface area contributed by atoms with Crippen molar-refractivity contribution >= 4 is 40.1 Å². The van der Waals surface area contributed by atoms with Crippen LogP contribution in [0.15, 0.2) is 47.6 Å². The lowest BCUT2D eigenvalue weighted by atomic mass is 10.2. The van der Waals surface area contributed by atoms with Gasteiger partial charge in [-0.15, -0.1) is 0 Å². The maximum absolute atomic E-state index is 12.9. The summed E-state index contributed by atoms with van der Waals surface area (Å²) in [6.45, 7) is 4.82. The quantitative estimate of drug-likeness (QED) is 0.173. The maximum atomic E-state index is 12.9. The number of nitro benzene ring substituents is 1. The number of nitro groups is 1. The molecule has 0 fully saturated rings. The van der Waals surface area contributed by atoms with Gasteiger partial charge >= 0.3 is 0 Å². The lowest BCUT2D eigenvalue weighted by Gasteiger charge is -2.15. The van der Waals surface area contributed by atoms with Gasteiger partial charge < -0.3 is 14.6 Å². The first-order valence-electron chi connectivity index (χ1n) is 10.7. The number of aryl methyl sites for hydroxylation is 1. The Hall–Kier alpha value is -3.07. The lowest BCUT2D eigenvalue weighted by Crippen LogP contribution is -2.23. The average Bonchev–Trinajstić information content (AvgIpc) is 3.13. The number of nitrogens with one attached hydrogen (secondary N) is 1. The van der Waals surface area contributed by atoms with E-state index in [0.29, 0.717) is 5.75 Å². The number of carbonyl (C=O) groups excluding carboxylic acids is 1. The second kappa shape index (κ2) is 11.0. The number of benzene rings is 2. The predicted octanol–water partition coefficient (Wildman–Crippen LogP) is 5.65. The largest absolute Gasteiger partial charge is 0.495 e. The van der Waals surface area contributed by atoms with E-state index >= 15 is 0 Å². The fourth-order valence-corrected chi connectivity index (χ4v) is 4.36. The van der Waals surface area contributed by atoms with Crippen molar-refractivity contribution in [3.8, 4) is 5.75 Å². The van der Waals surface area contributed by atoms with Gasteiger partial charge in [0.15, 0.2) is 5.16 Å². The zero-order chi connectivity index (χ0) is 23.1. The number of unbranched alkanes of at least 4 members (excludes halogenated alkanes) is 3. The van der Waals surface area contributed by atoms with Gasteiger partial charge in [-0.2, -0.15) is 0 Å². The number of hydrogen-bond donors (Lipinski definition) is 1. The summed E-state index contributed by atoms with van der Waals surface area (Å²) in [5.41, 5.74) is 2.11. The normalized spacial score (nSPS) is 12.0. The molecule has 0 spiro atoms. The van der Waals surface area contributed by atoms with Crippen LogP contribution in [0.2, 0.25) is 0 Å². The third-order valence-corrected chi connectivity index (χ3v) is 6.25. The van der Waals surface area contributed by atoms with Gasteiger partial charge in [0, 0.05) is 18.7 Å². The molecule has 9 heteroatoms. The third kappa shape index (κ3) is 5.59. The molecule has 0 aliphatic carbocycles. The standard InChI is InChI=1S/C23H28N4O4S/c1-4-5-6-9-14-26-20-11-8-7-10-18(20)25-23(26)32-16(2)22(28)24-19-15-17(27(29)30)12-13-21(19)31-3/h7-8,10-13,15-16H,4-6,9,14H2,1-3H3,(H,24,28)/t16-/m0/s1. The molecule has 0 aliphatic rings. The highest BCUT2D eigenvalue weighted by atomic mass is 32.2. The Morgan fingerprint density at radius 1 is 1.25 bits per heavy atom. The molecule has 8 nitrogen and oxygen atoms in total. The number of para-hydroxylation sites is 2. The van der Waals surface area contributed by atoms with Gasteiger partial charge in [-0.3, -0.25) is 14.9 Å². The van der Waals surface area contributed by atoms with Gasteiger partial charge in [0.25, 0.3) is 5.69 Å². The van der Waals surface area contributed by atoms with Crippen molar-refractivity contribution in [1.29, 1.82) is 0 Å². The number of amides is 1. The van der Waals surface area contributed by atoms with Crippen LogP contribution in [0.3, 0.4) is 0 Å². The highest BCUT2D eigenvalue weighted by Gasteiger charge is 2.21. The van der Waals surface area contributed by atoms with Crippen molar-refractivity contribution in [2.24, 2.45) is 0 Å². The number of hydrogen-bond acceptors (Lipinski definition) is 6. The molecule has 3 rings (SSSR count). The smallest absolute Gasteiger partial charge is 0.271 e. The molecule has 0 aliphatic heterocycles. The number of fused-ring (bicyclic) bond motifs is 1. The first kappa shape index (κ1) is 23.6. The van der Waals surface area contributed by atoms with Crippen molar-refractivity contribution in [2.45, 2.75) is 56.5 Å². The maximum Gasteiger partial charge on any atom is 0.271 e. The van der Waals surface area contributed by atoms with Crippen molar-refractivity contribution in [2.75, 3.05) is 12.4 Å². The molecule has 3 aromatic rings. The van der Waals surface area contributed by atoms with Crippen molar-refractivity contribution < 1.29 is 14.5 Å². The van der Waals surface area contributed by atoms with Gasteiger partial charge in [0.2, 0.25) is 5.91 Å². The van der Waals surface area contributed by atoms with E-state index < -0.39 is 10.2 Å². The number of ether oxygens (including phenoxy) is 1. The summed E-state index contributed by atoms with van der Waals surface area (Å²) in [4.78, 5) is 28.2. The van der Waals surface area contributed by atoms with Crippen LogP contribution >= 0.6 is 11.8 Å². The minimum Gasteiger partial charge on any atom is -0.495 e. The van der Waals surface area contributed by atoms with Crippen LogP contribution in [-0.4, -0.2) is 32.7 Å². The minimum atomic E-state index is -0.506. The van der Waals surface area contributed by atoms with Crippen molar-refractivity contribution in [3.05, 3.63) is 52.6 Å². The summed E-state index contributed by atoms with van der Waals surface area (Å²) in [5, 5.41) is 14.2. The monoisotopic (exact) mass is 456 g/mol. The number of anilines is 1. The SMILES string of the molecule is CCCCCCn1c(S[C@@H](C)C(=O)Nc2cc([N+](=O)[O-])ccc2OC)nc2ccccc21. The average molecular weight is 457 g/mol. The van der Waals surface area contributed by atoms with Crippen LogP contribution in [-0.2, 0) is 11.3 Å². The van der Waals surface area contributed by atoms with E-state index in [4.69, 9.17) is 9.72 Å². The Balaban J connectivity index is 1.78. The summed E-state index contributed by atoms with van der Waals surface area (Å²) in [5.74, 6) is 0.0858. The third-order valence-electron chi connectivity index (χ3n) is 5.16. The Labute approximate surface area is 191 Å². The molecule has 1 aromatic heterocycles. The molecular formula is C23H28N4O4S. The molecule has 1 N–H and O–H groups in total. The number of nitrogens with zero attached hydrogens (tertiary/aromatic N) is 3. The second-order valence-electron chi connectivity index (χ2n) is 7.49. The summed E-state index contributed by atoms with van der Waals surface area (Å²) in [7, 11) is 1.45. The molecule has 1 amide bonds. The first-order valence-corrected chi connectivity index (χ1v) is 11.6. The molecule has 0 bridgehead atoms. The van der Waals surface area contributed by atoms with Gasteiger partial charge in [-0.25, -0.2) is 4.98 Å². The number of carbonyl (C=O) groups is 1. The van der Waals surface area contributed by atoms with E-state index in [1.54, 1.807) is 6.92 Å². The molecule has 170 valence electrons. The van der Waals surface area contributed by atoms with E-state index in [1.807, 2.05) is 24.3 Å². The van der Waals surface area contributed by atoms with Crippen molar-refractivity contribution in [3.63, 3.8) is 0 Å².